The molecule has 0 bridgehead atoms. The molecule has 1 aliphatic rings. The molecule has 19 heavy (non-hydrogen) atoms. The number of benzene rings is 1. The molecule has 1 heterocycles. The number of sulfonamides is 1. The number of amidine groups is 1. The first-order valence-electron chi connectivity index (χ1n) is 5.54. The van der Waals surface area contributed by atoms with Crippen molar-refractivity contribution in [2.24, 2.45) is 4.99 Å². The van der Waals surface area contributed by atoms with E-state index >= 15 is 0 Å². The summed E-state index contributed by atoms with van der Waals surface area (Å²) in [6.07, 6.45) is 0.697. The van der Waals surface area contributed by atoms with Gasteiger partial charge in [0.1, 0.15) is 5.84 Å². The van der Waals surface area contributed by atoms with Crippen molar-refractivity contribution in [1.82, 2.24) is 9.56 Å². The molecular weight excluding hydrogens is 309 g/mol. The van der Waals surface area contributed by atoms with Crippen molar-refractivity contribution in [2.45, 2.75) is 12.2 Å². The first kappa shape index (κ1) is 16.2. The second-order valence-electron chi connectivity index (χ2n) is 4.09. The Hall–Kier alpha value is -0.820. The third-order valence-electron chi connectivity index (χ3n) is 2.58. The monoisotopic (exact) mass is 323 g/mol. The molecule has 0 unspecified atom stereocenters. The minimum atomic E-state index is -3.45. The maximum absolute atomic E-state index is 11.3. The second-order valence-corrected chi connectivity index (χ2v) is 6.22. The molecule has 5 nitrogen and oxygen atoms in total. The summed E-state index contributed by atoms with van der Waals surface area (Å²) in [7, 11) is -3.45. The molecule has 0 spiro atoms. The zero-order valence-electron chi connectivity index (χ0n) is 10.1. The number of halogens is 2. The van der Waals surface area contributed by atoms with Gasteiger partial charge in [-0.05, 0) is 22.9 Å². The van der Waals surface area contributed by atoms with E-state index in [1.807, 2.05) is 18.2 Å². The van der Waals surface area contributed by atoms with Crippen molar-refractivity contribution >= 4 is 40.0 Å². The predicted octanol–water partition coefficient (Wildman–Crippen LogP) is 1.23. The Bertz CT molecular complexity index is 561. The molecule has 1 aromatic carbocycles. The summed E-state index contributed by atoms with van der Waals surface area (Å²) >= 11 is 5.15. The van der Waals surface area contributed by atoms with Gasteiger partial charge in [-0.15, -0.1) is 16.6 Å². The van der Waals surface area contributed by atoms with Gasteiger partial charge in [-0.1, -0.05) is 24.3 Å². The molecule has 0 aliphatic carbocycles. The predicted molar refractivity (Wildman–Crippen MR) is 79.3 cm³/mol. The summed E-state index contributed by atoms with van der Waals surface area (Å²) in [6, 6.07) is 7.41. The molecule has 0 fully saturated rings. The Kier molecular flexibility index (Phi) is 6.06. The van der Waals surface area contributed by atoms with Crippen LogP contribution in [0.1, 0.15) is 11.1 Å². The van der Waals surface area contributed by atoms with Gasteiger partial charge < -0.3 is 5.32 Å². The van der Waals surface area contributed by atoms with E-state index in [4.69, 9.17) is 11.8 Å². The third-order valence-corrected chi connectivity index (χ3v) is 4.23. The van der Waals surface area contributed by atoms with E-state index in [1.165, 1.54) is 0 Å². The van der Waals surface area contributed by atoms with E-state index < -0.39 is 10.0 Å². The van der Waals surface area contributed by atoms with E-state index in [1.54, 1.807) is 10.3 Å². The quantitative estimate of drug-likeness (QED) is 0.800. The first-order chi connectivity index (χ1) is 8.59. The molecule has 106 valence electrons. The molecule has 0 radical (unpaired) electrons. The van der Waals surface area contributed by atoms with Crippen LogP contribution in [0, 0.1) is 0 Å². The van der Waals surface area contributed by atoms with Crippen LogP contribution in [-0.4, -0.2) is 27.3 Å². The summed E-state index contributed by atoms with van der Waals surface area (Å²) in [6.45, 7) is 1.68. The van der Waals surface area contributed by atoms with Crippen LogP contribution >= 0.6 is 24.2 Å². The molecule has 1 aliphatic heterocycles. The maximum Gasteiger partial charge on any atom is 0.229 e. The summed E-state index contributed by atoms with van der Waals surface area (Å²) in [5, 5.41) is 3.18. The van der Waals surface area contributed by atoms with Crippen molar-refractivity contribution in [2.75, 3.05) is 13.1 Å². The van der Waals surface area contributed by atoms with Gasteiger partial charge in [0, 0.05) is 13.0 Å². The SMILES string of the molecule is Cl.O=S(=O)(Cc1cccc(CC2=NCCN2)c1)NCl. The van der Waals surface area contributed by atoms with Crippen molar-refractivity contribution in [3.63, 3.8) is 0 Å². The minimum absolute atomic E-state index is 0. The fourth-order valence-corrected chi connectivity index (χ4v) is 2.67. The van der Waals surface area contributed by atoms with Crippen LogP contribution in [0.2, 0.25) is 0 Å². The Morgan fingerprint density at radius 3 is 2.74 bits per heavy atom. The largest absolute Gasteiger partial charge is 0.372 e. The van der Waals surface area contributed by atoms with E-state index in [-0.39, 0.29) is 18.2 Å². The highest BCUT2D eigenvalue weighted by Gasteiger charge is 2.11. The molecule has 2 rings (SSSR count). The van der Waals surface area contributed by atoms with Crippen molar-refractivity contribution < 1.29 is 8.42 Å². The van der Waals surface area contributed by atoms with Crippen LogP contribution in [0.5, 0.6) is 0 Å². The standard InChI is InChI=1S/C11H14ClN3O2S.ClH/c12-15-18(16,17)8-10-3-1-2-9(6-10)7-11-13-4-5-14-11;/h1-3,6,15H,4-5,7-8H2,(H,13,14);1H. The van der Waals surface area contributed by atoms with Gasteiger partial charge in [0.2, 0.25) is 10.0 Å². The Labute approximate surface area is 124 Å². The molecule has 2 N–H and O–H groups in total. The third kappa shape index (κ3) is 4.99. The molecular formula is C11H15Cl2N3O2S. The van der Waals surface area contributed by atoms with Crippen molar-refractivity contribution in [1.29, 1.82) is 0 Å². The average molecular weight is 324 g/mol. The van der Waals surface area contributed by atoms with E-state index in [9.17, 15) is 8.42 Å². The van der Waals surface area contributed by atoms with Crippen molar-refractivity contribution in [3.8, 4) is 0 Å². The van der Waals surface area contributed by atoms with Crippen LogP contribution in [0.15, 0.2) is 29.3 Å². The van der Waals surface area contributed by atoms with Gasteiger partial charge >= 0.3 is 0 Å². The van der Waals surface area contributed by atoms with Gasteiger partial charge in [-0.2, -0.15) is 0 Å². The summed E-state index contributed by atoms with van der Waals surface area (Å²) in [4.78, 5) is 4.31. The molecule has 0 aromatic heterocycles. The van der Waals surface area contributed by atoms with Gasteiger partial charge in [0.25, 0.3) is 0 Å². The zero-order chi connectivity index (χ0) is 13.0. The number of hydrogen-bond acceptors (Lipinski definition) is 4. The molecule has 0 amide bonds. The fourth-order valence-electron chi connectivity index (χ4n) is 1.83. The highest BCUT2D eigenvalue weighted by Crippen LogP contribution is 2.10. The second kappa shape index (κ2) is 7.09. The van der Waals surface area contributed by atoms with E-state index in [0.717, 1.165) is 24.5 Å². The molecule has 0 saturated carbocycles. The lowest BCUT2D eigenvalue weighted by atomic mass is 10.1. The summed E-state index contributed by atoms with van der Waals surface area (Å²) < 4.78 is 24.5. The number of hydrogen-bond donors (Lipinski definition) is 2. The van der Waals surface area contributed by atoms with Crippen molar-refractivity contribution in [3.05, 3.63) is 35.4 Å². The van der Waals surface area contributed by atoms with Gasteiger partial charge in [0.05, 0.1) is 12.3 Å². The average Bonchev–Trinajstić information content (AvgIpc) is 2.82. The number of nitrogens with zero attached hydrogens (tertiary/aromatic N) is 1. The molecule has 0 atom stereocenters. The van der Waals surface area contributed by atoms with Crippen LogP contribution < -0.4 is 9.56 Å². The van der Waals surface area contributed by atoms with Crippen LogP contribution in [0.25, 0.3) is 0 Å². The smallest absolute Gasteiger partial charge is 0.229 e. The lowest BCUT2D eigenvalue weighted by Gasteiger charge is -2.06. The van der Waals surface area contributed by atoms with Crippen LogP contribution in [0.4, 0.5) is 0 Å². The number of nitrogens with one attached hydrogen (secondary N) is 2. The van der Waals surface area contributed by atoms with Gasteiger partial charge in [0.15, 0.2) is 0 Å². The molecule has 8 heteroatoms. The Morgan fingerprint density at radius 2 is 2.11 bits per heavy atom. The number of rotatable bonds is 5. The summed E-state index contributed by atoms with van der Waals surface area (Å²) in [5.74, 6) is 0.829. The minimum Gasteiger partial charge on any atom is -0.372 e. The lowest BCUT2D eigenvalue weighted by molar-refractivity contribution is 0.593. The normalized spacial score (nSPS) is 14.5. The maximum atomic E-state index is 11.3. The number of aliphatic imine (C=N–C) groups is 1. The van der Waals surface area contributed by atoms with Gasteiger partial charge in [-0.25, -0.2) is 8.42 Å². The van der Waals surface area contributed by atoms with Crippen LogP contribution in [0.3, 0.4) is 0 Å². The highest BCUT2D eigenvalue weighted by molar-refractivity contribution is 7.89. The summed E-state index contributed by atoms with van der Waals surface area (Å²) in [5.41, 5.74) is 1.74. The van der Waals surface area contributed by atoms with E-state index in [0.29, 0.717) is 12.0 Å². The highest BCUT2D eigenvalue weighted by atomic mass is 35.5. The molecule has 1 aromatic rings. The fraction of sp³-hybridized carbons (Fsp3) is 0.364. The molecule has 0 saturated heterocycles. The Balaban J connectivity index is 0.00000180. The Morgan fingerprint density at radius 1 is 1.37 bits per heavy atom. The van der Waals surface area contributed by atoms with Gasteiger partial charge in [-0.3, -0.25) is 4.99 Å². The lowest BCUT2D eigenvalue weighted by Crippen LogP contribution is -2.20. The first-order valence-corrected chi connectivity index (χ1v) is 7.57. The van der Waals surface area contributed by atoms with Crippen LogP contribution in [-0.2, 0) is 22.2 Å². The van der Waals surface area contributed by atoms with E-state index in [2.05, 4.69) is 10.3 Å². The topological polar surface area (TPSA) is 70.6 Å². The zero-order valence-corrected chi connectivity index (χ0v) is 12.5.